The average molecular weight is 383 g/mol. The van der Waals surface area contributed by atoms with Crippen molar-refractivity contribution in [1.29, 1.82) is 0 Å². The van der Waals surface area contributed by atoms with Gasteiger partial charge in [-0.2, -0.15) is 5.10 Å². The Morgan fingerprint density at radius 2 is 1.82 bits per heavy atom. The monoisotopic (exact) mass is 383 g/mol. The lowest BCUT2D eigenvalue weighted by atomic mass is 9.85. The second-order valence-corrected chi connectivity index (χ2v) is 8.76. The predicted octanol–water partition coefficient (Wildman–Crippen LogP) is 2.02. The van der Waals surface area contributed by atoms with E-state index in [0.717, 1.165) is 36.5 Å². The number of fused-ring (bicyclic) bond motifs is 2. The molecule has 2 bridgehead atoms. The van der Waals surface area contributed by atoms with E-state index in [0.29, 0.717) is 30.8 Å². The summed E-state index contributed by atoms with van der Waals surface area (Å²) in [7, 11) is 0. The van der Waals surface area contributed by atoms with E-state index in [1.165, 1.54) is 10.7 Å². The SMILES string of the molecule is Cc1ccc(=O)n(CC2(O)CC3CCC(C2)N3Cc2cnc(C(C)C)nc2)n1. The van der Waals surface area contributed by atoms with Crippen LogP contribution >= 0.6 is 0 Å². The van der Waals surface area contributed by atoms with E-state index in [1.807, 2.05) is 19.3 Å². The zero-order chi connectivity index (χ0) is 19.9. The van der Waals surface area contributed by atoms with Crippen molar-refractivity contribution in [3.63, 3.8) is 0 Å². The number of aryl methyl sites for hydroxylation is 1. The fourth-order valence-electron chi connectivity index (χ4n) is 4.70. The van der Waals surface area contributed by atoms with Gasteiger partial charge in [0.1, 0.15) is 5.82 Å². The highest BCUT2D eigenvalue weighted by Crippen LogP contribution is 2.42. The summed E-state index contributed by atoms with van der Waals surface area (Å²) in [5.41, 5.74) is 0.860. The van der Waals surface area contributed by atoms with Crippen LogP contribution in [-0.4, -0.2) is 47.4 Å². The second-order valence-electron chi connectivity index (χ2n) is 8.76. The van der Waals surface area contributed by atoms with Crippen molar-refractivity contribution in [3.8, 4) is 0 Å². The van der Waals surface area contributed by atoms with Gasteiger partial charge in [-0.25, -0.2) is 14.6 Å². The molecule has 2 fully saturated rings. The number of aromatic nitrogens is 4. The maximum absolute atomic E-state index is 12.1. The van der Waals surface area contributed by atoms with Crippen LogP contribution in [0, 0.1) is 6.92 Å². The van der Waals surface area contributed by atoms with Crippen LogP contribution in [0.5, 0.6) is 0 Å². The van der Waals surface area contributed by atoms with E-state index in [-0.39, 0.29) is 12.1 Å². The summed E-state index contributed by atoms with van der Waals surface area (Å²) in [6.45, 7) is 7.12. The van der Waals surface area contributed by atoms with Crippen LogP contribution in [0.25, 0.3) is 0 Å². The molecule has 2 aromatic heterocycles. The van der Waals surface area contributed by atoms with E-state index in [9.17, 15) is 9.90 Å². The Labute approximate surface area is 165 Å². The molecule has 0 spiro atoms. The van der Waals surface area contributed by atoms with Crippen molar-refractivity contribution < 1.29 is 5.11 Å². The minimum atomic E-state index is -0.884. The summed E-state index contributed by atoms with van der Waals surface area (Å²) < 4.78 is 1.42. The number of hydrogen-bond donors (Lipinski definition) is 1. The highest BCUT2D eigenvalue weighted by Gasteiger charge is 2.47. The van der Waals surface area contributed by atoms with Gasteiger partial charge in [0.05, 0.1) is 17.8 Å². The van der Waals surface area contributed by atoms with Gasteiger partial charge in [0.15, 0.2) is 0 Å². The van der Waals surface area contributed by atoms with Gasteiger partial charge in [-0.15, -0.1) is 0 Å². The molecule has 0 amide bonds. The first-order valence-corrected chi connectivity index (χ1v) is 10.2. The zero-order valence-electron chi connectivity index (χ0n) is 16.9. The zero-order valence-corrected chi connectivity index (χ0v) is 16.9. The third-order valence-electron chi connectivity index (χ3n) is 6.05. The normalized spacial score (nSPS) is 27.5. The Hall–Kier alpha value is -2.12. The Kier molecular flexibility index (Phi) is 5.05. The molecule has 2 atom stereocenters. The van der Waals surface area contributed by atoms with Gasteiger partial charge in [-0.3, -0.25) is 9.69 Å². The van der Waals surface area contributed by atoms with E-state index in [4.69, 9.17) is 0 Å². The van der Waals surface area contributed by atoms with Crippen molar-refractivity contribution in [2.75, 3.05) is 0 Å². The maximum Gasteiger partial charge on any atom is 0.266 e. The minimum Gasteiger partial charge on any atom is -0.388 e. The Bertz CT molecular complexity index is 878. The highest BCUT2D eigenvalue weighted by molar-refractivity contribution is 5.10. The van der Waals surface area contributed by atoms with Gasteiger partial charge in [0, 0.05) is 48.6 Å². The maximum atomic E-state index is 12.1. The summed E-state index contributed by atoms with van der Waals surface area (Å²) in [5.74, 6) is 1.20. The molecule has 2 unspecified atom stereocenters. The number of hydrogen-bond acceptors (Lipinski definition) is 6. The molecular formula is C21H29N5O2. The van der Waals surface area contributed by atoms with Crippen LogP contribution in [0.15, 0.2) is 29.3 Å². The Morgan fingerprint density at radius 3 is 2.43 bits per heavy atom. The van der Waals surface area contributed by atoms with Gasteiger partial charge in [-0.05, 0) is 38.7 Å². The number of rotatable bonds is 5. The first-order valence-electron chi connectivity index (χ1n) is 10.2. The van der Waals surface area contributed by atoms with Crippen LogP contribution in [0.3, 0.4) is 0 Å². The summed E-state index contributed by atoms with van der Waals surface area (Å²) >= 11 is 0. The molecule has 2 aliphatic heterocycles. The summed E-state index contributed by atoms with van der Waals surface area (Å²) in [4.78, 5) is 23.6. The molecule has 7 heteroatoms. The van der Waals surface area contributed by atoms with Crippen LogP contribution in [0.1, 0.15) is 62.5 Å². The van der Waals surface area contributed by atoms with Crippen LogP contribution < -0.4 is 5.56 Å². The van der Waals surface area contributed by atoms with Gasteiger partial charge < -0.3 is 5.11 Å². The van der Waals surface area contributed by atoms with E-state index < -0.39 is 5.60 Å². The molecule has 7 nitrogen and oxygen atoms in total. The smallest absolute Gasteiger partial charge is 0.266 e. The Balaban J connectivity index is 1.46. The van der Waals surface area contributed by atoms with Crippen molar-refractivity contribution in [1.82, 2.24) is 24.6 Å². The molecule has 4 heterocycles. The molecule has 0 radical (unpaired) electrons. The van der Waals surface area contributed by atoms with Gasteiger partial charge in [-0.1, -0.05) is 13.8 Å². The lowest BCUT2D eigenvalue weighted by Crippen LogP contribution is -2.53. The number of nitrogens with zero attached hydrogens (tertiary/aromatic N) is 5. The van der Waals surface area contributed by atoms with Crippen molar-refractivity contribution >= 4 is 0 Å². The van der Waals surface area contributed by atoms with Crippen molar-refractivity contribution in [3.05, 3.63) is 52.0 Å². The fraction of sp³-hybridized carbons (Fsp3) is 0.619. The molecule has 28 heavy (non-hydrogen) atoms. The molecule has 2 saturated heterocycles. The van der Waals surface area contributed by atoms with E-state index in [2.05, 4.69) is 33.8 Å². The van der Waals surface area contributed by atoms with Crippen LogP contribution in [0.4, 0.5) is 0 Å². The topological polar surface area (TPSA) is 84.1 Å². The molecule has 1 N–H and O–H groups in total. The molecular weight excluding hydrogens is 354 g/mol. The lowest BCUT2D eigenvalue weighted by Gasteiger charge is -2.43. The van der Waals surface area contributed by atoms with Crippen molar-refractivity contribution in [2.45, 2.75) is 83.1 Å². The van der Waals surface area contributed by atoms with Gasteiger partial charge >= 0.3 is 0 Å². The van der Waals surface area contributed by atoms with E-state index in [1.54, 1.807) is 6.07 Å². The molecule has 150 valence electrons. The second kappa shape index (κ2) is 7.37. The number of aliphatic hydroxyl groups is 1. The van der Waals surface area contributed by atoms with E-state index >= 15 is 0 Å². The minimum absolute atomic E-state index is 0.156. The molecule has 0 saturated carbocycles. The van der Waals surface area contributed by atoms with Gasteiger partial charge in [0.2, 0.25) is 0 Å². The first-order chi connectivity index (χ1) is 13.3. The first kappa shape index (κ1) is 19.2. The molecule has 2 aliphatic rings. The molecule has 0 aliphatic carbocycles. The van der Waals surface area contributed by atoms with Gasteiger partial charge in [0.25, 0.3) is 5.56 Å². The third kappa shape index (κ3) is 3.86. The average Bonchev–Trinajstić information content (AvgIpc) is 2.89. The summed E-state index contributed by atoms with van der Waals surface area (Å²) in [5, 5.41) is 15.6. The Morgan fingerprint density at radius 1 is 1.18 bits per heavy atom. The standard InChI is InChI=1S/C21H29N5O2/c1-14(2)20-22-10-16(11-23-20)12-25-17-5-6-18(25)9-21(28,8-17)13-26-19(27)7-4-15(3)24-26/h4,7,10-11,14,17-18,28H,5-6,8-9,12-13H2,1-3H3. The number of piperidine rings is 1. The lowest BCUT2D eigenvalue weighted by molar-refractivity contribution is -0.0678. The largest absolute Gasteiger partial charge is 0.388 e. The van der Waals surface area contributed by atoms with Crippen LogP contribution in [-0.2, 0) is 13.1 Å². The highest BCUT2D eigenvalue weighted by atomic mass is 16.3. The van der Waals surface area contributed by atoms with Crippen LogP contribution in [0.2, 0.25) is 0 Å². The summed E-state index contributed by atoms with van der Waals surface area (Å²) in [6, 6.07) is 3.86. The molecule has 2 aromatic rings. The fourth-order valence-corrected chi connectivity index (χ4v) is 4.70. The quantitative estimate of drug-likeness (QED) is 0.850. The molecule has 0 aromatic carbocycles. The molecule has 4 rings (SSSR count). The van der Waals surface area contributed by atoms with Crippen molar-refractivity contribution in [2.24, 2.45) is 0 Å². The third-order valence-corrected chi connectivity index (χ3v) is 6.05. The predicted molar refractivity (Wildman–Crippen MR) is 106 cm³/mol. The summed E-state index contributed by atoms with van der Waals surface area (Å²) in [6.07, 6.45) is 7.34.